The number of aryl methyl sites for hydroxylation is 1. The molecule has 140 heavy (non-hydrogen) atoms. The number of ketones is 6. The van der Waals surface area contributed by atoms with Gasteiger partial charge in [0.05, 0.1) is 121 Å². The van der Waals surface area contributed by atoms with Crippen LogP contribution in [0, 0.1) is 71.0 Å². The Morgan fingerprint density at radius 1 is 0.571 bits per heavy atom. The van der Waals surface area contributed by atoms with Gasteiger partial charge in [-0.25, -0.2) is 14.3 Å². The van der Waals surface area contributed by atoms with E-state index in [0.29, 0.717) is 68.3 Å². The number of phenols is 4. The molecule has 2 saturated carbocycles. The van der Waals surface area contributed by atoms with Gasteiger partial charge in [0.25, 0.3) is 0 Å². The van der Waals surface area contributed by atoms with Gasteiger partial charge in [0.15, 0.2) is 35.7 Å². The number of aromatic nitrogens is 3. The van der Waals surface area contributed by atoms with Gasteiger partial charge in [-0.15, -0.1) is 16.9 Å². The Hall–Kier alpha value is -11.3. The number of aliphatic hydroxyl groups excluding tert-OH is 6. The number of phenolic OH excluding ortho intramolecular Hbond substituents is 4. The maximum atomic E-state index is 14.1. The first-order chi connectivity index (χ1) is 66.5. The number of Topliss-reactive ketones (excluding diaryl/α,β-unsaturated/α-hetero) is 2. The summed E-state index contributed by atoms with van der Waals surface area (Å²) >= 11 is 0. The van der Waals surface area contributed by atoms with Gasteiger partial charge in [-0.3, -0.25) is 38.4 Å². The first kappa shape index (κ1) is 106. The van der Waals surface area contributed by atoms with E-state index in [2.05, 4.69) is 56.7 Å². The molecule has 5 aromatic rings. The first-order valence-corrected chi connectivity index (χ1v) is 47.9. The lowest BCUT2D eigenvalue weighted by Crippen LogP contribution is -2.56. The van der Waals surface area contributed by atoms with Crippen molar-refractivity contribution in [1.29, 1.82) is 0 Å². The van der Waals surface area contributed by atoms with Crippen molar-refractivity contribution in [2.75, 3.05) is 47.2 Å². The highest BCUT2D eigenvalue weighted by Gasteiger charge is 2.56. The lowest BCUT2D eigenvalue weighted by molar-refractivity contribution is -0.249. The van der Waals surface area contributed by atoms with Crippen molar-refractivity contribution in [1.82, 2.24) is 25.6 Å². The Morgan fingerprint density at radius 3 is 1.38 bits per heavy atom. The number of rotatable bonds is 32. The highest BCUT2D eigenvalue weighted by molar-refractivity contribution is 6.32. The molecule has 2 saturated heterocycles. The Balaban J connectivity index is 0.000000200. The van der Waals surface area contributed by atoms with Gasteiger partial charge in [-0.1, -0.05) is 90.0 Å². The molecular weight excluding hydrogens is 1830 g/mol. The lowest BCUT2D eigenvalue weighted by Gasteiger charge is -2.43. The van der Waals surface area contributed by atoms with Crippen LogP contribution in [-0.2, 0) is 89.3 Å². The monoisotopic (exact) mass is 1950 g/mol. The van der Waals surface area contributed by atoms with Crippen LogP contribution in [0.1, 0.15) is 269 Å². The summed E-state index contributed by atoms with van der Waals surface area (Å²) in [7, 11) is 2.60. The number of carbonyl (C=O) groups excluding carboxylic acids is 10. The van der Waals surface area contributed by atoms with Crippen LogP contribution in [0.4, 0.5) is 9.59 Å². The number of aromatic hydroxyl groups is 4. The number of carbonyl (C=O) groups is 10. The fourth-order valence-electron chi connectivity index (χ4n) is 21.1. The van der Waals surface area contributed by atoms with Gasteiger partial charge in [0, 0.05) is 103 Å². The molecule has 0 bridgehead atoms. The summed E-state index contributed by atoms with van der Waals surface area (Å²) in [5.41, 5.74) is 1.84. The smallest absolute Gasteiger partial charge is 0.507 e. The Kier molecular flexibility index (Phi) is 34.0. The van der Waals surface area contributed by atoms with Crippen molar-refractivity contribution in [3.63, 3.8) is 0 Å². The van der Waals surface area contributed by atoms with E-state index in [1.54, 1.807) is 6.92 Å². The fourth-order valence-corrected chi connectivity index (χ4v) is 21.1. The average molecular weight is 1950 g/mol. The molecule has 15 rings (SSSR count). The number of aliphatic hydroxyl groups is 8. The second-order valence-corrected chi connectivity index (χ2v) is 39.8. The van der Waals surface area contributed by atoms with Crippen molar-refractivity contribution in [3.8, 4) is 46.3 Å². The molecule has 3 heterocycles. The van der Waals surface area contributed by atoms with Crippen molar-refractivity contribution in [3.05, 3.63) is 125 Å². The third kappa shape index (κ3) is 23.1. The van der Waals surface area contributed by atoms with Crippen LogP contribution in [0.5, 0.6) is 34.5 Å². The second kappa shape index (κ2) is 44.9. The molecule has 4 fully saturated rings. The molecule has 8 aliphatic carbocycles. The first-order valence-electron chi connectivity index (χ1n) is 47.9. The molecule has 22 atom stereocenters. The largest absolute Gasteiger partial charge is 0.508 e. The molecule has 5 unspecified atom stereocenters. The van der Waals surface area contributed by atoms with Crippen molar-refractivity contribution in [2.24, 2.45) is 64.3 Å². The van der Waals surface area contributed by atoms with E-state index >= 15 is 0 Å². The minimum Gasteiger partial charge on any atom is -0.507 e. The normalized spacial score (nSPS) is 27.4. The van der Waals surface area contributed by atoms with E-state index in [-0.39, 0.29) is 118 Å². The number of hydrogen-bond acceptors (Lipinski definition) is 35. The Labute approximate surface area is 808 Å². The van der Waals surface area contributed by atoms with Gasteiger partial charge in [-0.2, -0.15) is 0 Å². The molecule has 0 spiro atoms. The quantitative estimate of drug-likeness (QED) is 0.00473. The average Bonchev–Trinajstić information content (AvgIpc) is 0.996. The number of azide groups is 1. The van der Waals surface area contributed by atoms with Crippen molar-refractivity contribution >= 4 is 58.8 Å². The second-order valence-electron chi connectivity index (χ2n) is 39.8. The molecule has 40 nitrogen and oxygen atoms in total. The van der Waals surface area contributed by atoms with Crippen LogP contribution < -0.4 is 20.1 Å². The molecule has 0 radical (unpaired) electrons. The zero-order valence-electron chi connectivity index (χ0n) is 80.5. The maximum absolute atomic E-state index is 14.1. The summed E-state index contributed by atoms with van der Waals surface area (Å²) in [6.07, 6.45) is -6.68. The zero-order valence-corrected chi connectivity index (χ0v) is 80.5. The van der Waals surface area contributed by atoms with E-state index in [0.717, 1.165) is 56.3 Å². The number of hydrogen-bond donors (Lipinski definition) is 14. The van der Waals surface area contributed by atoms with Crippen LogP contribution in [0.2, 0.25) is 0 Å². The van der Waals surface area contributed by atoms with E-state index in [9.17, 15) is 109 Å². The zero-order chi connectivity index (χ0) is 102. The van der Waals surface area contributed by atoms with Crippen LogP contribution in [-0.4, -0.2) is 267 Å². The Morgan fingerprint density at radius 2 is 0.979 bits per heavy atom. The van der Waals surface area contributed by atoms with Gasteiger partial charge < -0.3 is 119 Å². The standard InChI is InChI=1S/C50H64N4O16.C29H30N4O12.C21H34O4/c1-22(2)14-25(15-34(56)23(3)4)69-49(64)67-21-30-26-10-12-31-33(13-11-27(26)30)54(53-52-31)19-38(58)51-32-16-39(68-24(5)44(32)59)70-36-18-50(65,37(57)20-55)17-29-41(36)48(63)43-42(46(29)61)45(60)28-8-7-9-35(66-6)40(28)47(43)62;1-11-24(37)14(32-18(36)9-31-33-30)6-19(44-11)45-16-8-29(42,17(35)10-34)7-13-21(16)28(41)23-22(26(13)39)25(38)12-4-3-5-15(43-2)20(12)27(23)40;1-14(2)11-16(12-20(22)15(3)4)25-21(23)24-13-19-17-9-7-5-6-8-10-18(17)19/h7-9,22-27,30,32,34,36,39,44,55-56,59,61,63,65H,10-21H2,1-6H3,(H,51,58);3-5,11,14,16,19,24,34,37,39,41-42H,6-10H2,1-2H3,(H,32,36);14-20,22H,7-13H2,1-4H3/t24-,25?,26+,27-,30+,32-,34?,36-,39-,44+,50-;11-,14-,16-,19-,24+,29-;16?,17-,18+,19?,20?/m00./s1. The molecule has 4 aromatic carbocycles. The number of amides is 2. The summed E-state index contributed by atoms with van der Waals surface area (Å²) in [4.78, 5) is 135. The molecule has 2 amide bonds. The molecule has 14 N–H and O–H groups in total. The summed E-state index contributed by atoms with van der Waals surface area (Å²) < 4.78 is 58.6. The summed E-state index contributed by atoms with van der Waals surface area (Å²) in [5, 5.41) is 149. The number of nitrogens with zero attached hydrogens (tertiary/aromatic N) is 6. The number of fused-ring (bicyclic) bond motifs is 9. The number of methoxy groups -OCH3 is 2. The summed E-state index contributed by atoms with van der Waals surface area (Å²) in [6, 6.07) is 6.67. The van der Waals surface area contributed by atoms with Crippen LogP contribution in [0.15, 0.2) is 41.5 Å². The molecule has 2 aliphatic heterocycles. The van der Waals surface area contributed by atoms with E-state index in [1.165, 1.54) is 62.2 Å². The van der Waals surface area contributed by atoms with Crippen LogP contribution >= 0.6 is 0 Å². The summed E-state index contributed by atoms with van der Waals surface area (Å²) in [5.74, 6) is 0.372. The third-order valence-electron chi connectivity index (χ3n) is 28.8. The van der Waals surface area contributed by atoms with Gasteiger partial charge in [0.1, 0.15) is 96.4 Å². The Bertz CT molecular complexity index is 5600. The number of ether oxygens (including phenoxy) is 10. The van der Waals surface area contributed by atoms with E-state index < -0.39 is 240 Å². The fraction of sp³-hybridized carbons (Fsp3) is 0.620. The van der Waals surface area contributed by atoms with Crippen LogP contribution in [0.25, 0.3) is 10.4 Å². The molecule has 760 valence electrons. The molecule has 10 aliphatic rings. The van der Waals surface area contributed by atoms with Crippen molar-refractivity contribution in [2.45, 2.75) is 288 Å². The highest BCUT2D eigenvalue weighted by atomic mass is 16.7. The van der Waals surface area contributed by atoms with E-state index in [1.807, 2.05) is 41.5 Å². The van der Waals surface area contributed by atoms with E-state index in [4.69, 9.17) is 52.9 Å². The predicted molar refractivity (Wildman–Crippen MR) is 492 cm³/mol. The third-order valence-corrected chi connectivity index (χ3v) is 28.8. The minimum atomic E-state index is -2.37. The predicted octanol–water partition coefficient (Wildman–Crippen LogP) is 8.04. The highest BCUT2D eigenvalue weighted by Crippen LogP contribution is 2.58. The topological polar surface area (TPSA) is 609 Å². The molecule has 40 heteroatoms. The summed E-state index contributed by atoms with van der Waals surface area (Å²) in [6.45, 7) is 16.8. The van der Waals surface area contributed by atoms with Gasteiger partial charge in [-0.05, 0) is 142 Å². The number of nitrogens with one attached hydrogen (secondary N) is 2. The maximum Gasteiger partial charge on any atom is 0.508 e. The van der Waals surface area contributed by atoms with Crippen molar-refractivity contribution < 1.29 is 157 Å². The lowest BCUT2D eigenvalue weighted by atomic mass is 9.72. The van der Waals surface area contributed by atoms with Gasteiger partial charge >= 0.3 is 12.3 Å². The molecule has 1 aromatic heterocycles. The van der Waals surface area contributed by atoms with Gasteiger partial charge in [0.2, 0.25) is 23.4 Å². The SMILES string of the molecule is CC(C)CC(CC(O)C(C)C)OC(=O)OCC1[C@H]2CCC#CCC[C@@H]12.COc1cccc2c1C(=O)c1c(O)c3c(c(O)c1C2=O)C[C@@](O)(C(=O)CO)C[C@@H]3O[C@H]1C[C@H](NC(=O)CN=[N+]=[N-])[C@H](O)[C@H](C)O1.COc1cccc2c1C(=O)c1c(O)c3c(c(O)c1C2=O)C[C@@](O)(C(=O)CO)C[C@@H]3O[C@H]1C[C@H](NC(=O)Cn2nnc3c2CC[C@H]2[C@@H](CC3)[C@H]2COC(=O)OC(CC(C)C)CC(O)C(C)C)[C@H](O)[C@H](C)O1. The molecular formula is C100H128N8O32. The number of benzene rings is 4. The van der Waals surface area contributed by atoms with Crippen LogP contribution in [0.3, 0.4) is 0 Å². The minimum absolute atomic E-state index is 0.0291.